The normalized spacial score (nSPS) is 25.1. The molecule has 0 N–H and O–H groups in total. The second-order valence-electron chi connectivity index (χ2n) is 7.15. The number of hydrogen-bond acceptors (Lipinski definition) is 2. The second kappa shape index (κ2) is 12.4. The van der Waals surface area contributed by atoms with Gasteiger partial charge in [0.2, 0.25) is 0 Å². The summed E-state index contributed by atoms with van der Waals surface area (Å²) in [5, 5.41) is 0. The van der Waals surface area contributed by atoms with Crippen molar-refractivity contribution in [1.29, 1.82) is 0 Å². The second-order valence-corrected chi connectivity index (χ2v) is 7.15. The van der Waals surface area contributed by atoms with Crippen LogP contribution in [0.15, 0.2) is 0 Å². The predicted octanol–water partition coefficient (Wildman–Crippen LogP) is 5.98. The van der Waals surface area contributed by atoms with Crippen molar-refractivity contribution in [3.8, 4) is 0 Å². The molecule has 22 heavy (non-hydrogen) atoms. The molecule has 1 fully saturated rings. The molecule has 0 aromatic heterocycles. The lowest BCUT2D eigenvalue weighted by Crippen LogP contribution is -2.37. The van der Waals surface area contributed by atoms with Crippen molar-refractivity contribution < 1.29 is 9.47 Å². The van der Waals surface area contributed by atoms with Gasteiger partial charge in [0.1, 0.15) is 0 Å². The maximum atomic E-state index is 6.30. The molecular formula is C20H40O2. The zero-order chi connectivity index (χ0) is 16.2. The first kappa shape index (κ1) is 20.0. The van der Waals surface area contributed by atoms with Gasteiger partial charge in [0.15, 0.2) is 0 Å². The van der Waals surface area contributed by atoms with Gasteiger partial charge in [-0.05, 0) is 37.5 Å². The van der Waals surface area contributed by atoms with Crippen LogP contribution in [0.3, 0.4) is 0 Å². The molecular weight excluding hydrogens is 272 g/mol. The van der Waals surface area contributed by atoms with Crippen molar-refractivity contribution in [2.45, 2.75) is 104 Å². The van der Waals surface area contributed by atoms with E-state index in [-0.39, 0.29) is 0 Å². The summed E-state index contributed by atoms with van der Waals surface area (Å²) in [4.78, 5) is 0. The molecule has 0 heterocycles. The van der Waals surface area contributed by atoms with Crippen LogP contribution >= 0.6 is 0 Å². The Morgan fingerprint density at radius 3 is 1.45 bits per heavy atom. The smallest absolute Gasteiger partial charge is 0.0836 e. The molecule has 0 aromatic rings. The molecule has 2 heteroatoms. The maximum Gasteiger partial charge on any atom is 0.0836 e. The van der Waals surface area contributed by atoms with Crippen molar-refractivity contribution in [3.63, 3.8) is 0 Å². The molecule has 0 saturated heterocycles. The highest BCUT2D eigenvalue weighted by atomic mass is 16.5. The van der Waals surface area contributed by atoms with Gasteiger partial charge in [-0.2, -0.15) is 0 Å². The molecule has 0 aliphatic heterocycles. The van der Waals surface area contributed by atoms with Gasteiger partial charge in [0.05, 0.1) is 12.2 Å². The van der Waals surface area contributed by atoms with Crippen LogP contribution in [0.4, 0.5) is 0 Å². The van der Waals surface area contributed by atoms with Crippen LogP contribution < -0.4 is 0 Å². The van der Waals surface area contributed by atoms with Crippen molar-refractivity contribution in [3.05, 3.63) is 0 Å². The van der Waals surface area contributed by atoms with Gasteiger partial charge in [-0.25, -0.2) is 0 Å². The van der Waals surface area contributed by atoms with Crippen molar-refractivity contribution >= 4 is 0 Å². The molecule has 4 atom stereocenters. The molecule has 0 bridgehead atoms. The molecule has 0 amide bonds. The topological polar surface area (TPSA) is 18.5 Å². The van der Waals surface area contributed by atoms with Gasteiger partial charge in [0.25, 0.3) is 0 Å². The molecule has 1 aliphatic rings. The van der Waals surface area contributed by atoms with E-state index in [2.05, 4.69) is 27.7 Å². The van der Waals surface area contributed by atoms with Crippen molar-refractivity contribution in [1.82, 2.24) is 0 Å². The van der Waals surface area contributed by atoms with Crippen LogP contribution in [0.5, 0.6) is 0 Å². The third-order valence-electron chi connectivity index (χ3n) is 5.28. The lowest BCUT2D eigenvalue weighted by Gasteiger charge is -2.33. The van der Waals surface area contributed by atoms with Gasteiger partial charge in [-0.15, -0.1) is 0 Å². The van der Waals surface area contributed by atoms with Crippen molar-refractivity contribution in [2.75, 3.05) is 13.2 Å². The zero-order valence-corrected chi connectivity index (χ0v) is 15.6. The molecule has 1 aliphatic carbocycles. The molecule has 132 valence electrons. The highest BCUT2D eigenvalue weighted by Crippen LogP contribution is 2.26. The van der Waals surface area contributed by atoms with Gasteiger partial charge >= 0.3 is 0 Å². The van der Waals surface area contributed by atoms with E-state index >= 15 is 0 Å². The van der Waals surface area contributed by atoms with Gasteiger partial charge < -0.3 is 9.47 Å². The monoisotopic (exact) mass is 312 g/mol. The quantitative estimate of drug-likeness (QED) is 0.441. The lowest BCUT2D eigenvalue weighted by molar-refractivity contribution is -0.107. The van der Waals surface area contributed by atoms with Crippen LogP contribution in [-0.4, -0.2) is 25.4 Å². The Kier molecular flexibility index (Phi) is 11.2. The third kappa shape index (κ3) is 7.46. The molecule has 0 radical (unpaired) electrons. The highest BCUT2D eigenvalue weighted by Gasteiger charge is 2.27. The largest absolute Gasteiger partial charge is 0.375 e. The minimum absolute atomic E-state index is 0.346. The third-order valence-corrected chi connectivity index (χ3v) is 5.28. The van der Waals surface area contributed by atoms with E-state index in [0.717, 1.165) is 25.0 Å². The van der Waals surface area contributed by atoms with E-state index in [9.17, 15) is 0 Å². The molecule has 4 unspecified atom stereocenters. The SMILES string of the molecule is CCCC(CC)COC1CCCCC1OCC(CC)CCC. The summed E-state index contributed by atoms with van der Waals surface area (Å²) in [7, 11) is 0. The first-order valence-electron chi connectivity index (χ1n) is 9.98. The van der Waals surface area contributed by atoms with Crippen LogP contribution in [-0.2, 0) is 9.47 Å². The van der Waals surface area contributed by atoms with E-state index in [1.54, 1.807) is 0 Å². The highest BCUT2D eigenvalue weighted by molar-refractivity contribution is 4.77. The Labute approximate surface area is 139 Å². The fourth-order valence-electron chi connectivity index (χ4n) is 3.59. The summed E-state index contributed by atoms with van der Waals surface area (Å²) in [6.07, 6.45) is 13.3. The zero-order valence-electron chi connectivity index (χ0n) is 15.6. The summed E-state index contributed by atoms with van der Waals surface area (Å²) in [6, 6.07) is 0. The van der Waals surface area contributed by atoms with Crippen LogP contribution in [0, 0.1) is 11.8 Å². The van der Waals surface area contributed by atoms with E-state index in [4.69, 9.17) is 9.47 Å². The van der Waals surface area contributed by atoms with Gasteiger partial charge in [-0.1, -0.05) is 66.2 Å². The average Bonchev–Trinajstić information content (AvgIpc) is 2.56. The fraction of sp³-hybridized carbons (Fsp3) is 1.00. The summed E-state index contributed by atoms with van der Waals surface area (Å²) >= 11 is 0. The van der Waals surface area contributed by atoms with E-state index in [1.807, 2.05) is 0 Å². The van der Waals surface area contributed by atoms with Gasteiger partial charge in [-0.3, -0.25) is 0 Å². The van der Waals surface area contributed by atoms with Crippen LogP contribution in [0.2, 0.25) is 0 Å². The van der Waals surface area contributed by atoms with E-state index in [0.29, 0.717) is 12.2 Å². The first-order chi connectivity index (χ1) is 10.7. The Hall–Kier alpha value is -0.0800. The van der Waals surface area contributed by atoms with Gasteiger partial charge in [0, 0.05) is 13.2 Å². The standard InChI is InChI=1S/C20H40O2/c1-5-11-17(7-3)15-21-19-13-9-10-14-20(19)22-16-18(8-4)12-6-2/h17-20H,5-16H2,1-4H3. The number of ether oxygens (including phenoxy) is 2. The Morgan fingerprint density at radius 2 is 1.14 bits per heavy atom. The number of hydrogen-bond donors (Lipinski definition) is 0. The van der Waals surface area contributed by atoms with Crippen LogP contribution in [0.1, 0.15) is 91.9 Å². The van der Waals surface area contributed by atoms with Crippen molar-refractivity contribution in [2.24, 2.45) is 11.8 Å². The summed E-state index contributed by atoms with van der Waals surface area (Å²) in [5.41, 5.74) is 0. The van der Waals surface area contributed by atoms with E-state index in [1.165, 1.54) is 64.2 Å². The summed E-state index contributed by atoms with van der Waals surface area (Å²) in [6.45, 7) is 11.0. The molecule has 2 nitrogen and oxygen atoms in total. The minimum Gasteiger partial charge on any atom is -0.375 e. The lowest BCUT2D eigenvalue weighted by atomic mass is 9.93. The fourth-order valence-corrected chi connectivity index (χ4v) is 3.59. The Balaban J connectivity index is 2.38. The first-order valence-corrected chi connectivity index (χ1v) is 9.98. The average molecular weight is 313 g/mol. The maximum absolute atomic E-state index is 6.30. The van der Waals surface area contributed by atoms with E-state index < -0.39 is 0 Å². The summed E-state index contributed by atoms with van der Waals surface area (Å²) < 4.78 is 12.6. The molecule has 1 rings (SSSR count). The predicted molar refractivity (Wildman–Crippen MR) is 95.3 cm³/mol. The Morgan fingerprint density at radius 1 is 0.727 bits per heavy atom. The number of rotatable bonds is 12. The summed E-state index contributed by atoms with van der Waals surface area (Å²) in [5.74, 6) is 1.46. The minimum atomic E-state index is 0.346. The Bertz CT molecular complexity index is 228. The van der Waals surface area contributed by atoms with Crippen LogP contribution in [0.25, 0.3) is 0 Å². The molecule has 0 spiro atoms. The molecule has 1 saturated carbocycles. The molecule has 0 aromatic carbocycles.